The predicted octanol–water partition coefficient (Wildman–Crippen LogP) is 6.79. The van der Waals surface area contributed by atoms with E-state index in [4.69, 9.17) is 16.3 Å². The van der Waals surface area contributed by atoms with Crippen LogP contribution in [0.2, 0.25) is 5.02 Å². The van der Waals surface area contributed by atoms with Gasteiger partial charge in [-0.15, -0.1) is 0 Å². The van der Waals surface area contributed by atoms with Crippen molar-refractivity contribution in [1.82, 2.24) is 4.72 Å². The summed E-state index contributed by atoms with van der Waals surface area (Å²) < 4.78 is 37.4. The van der Waals surface area contributed by atoms with Crippen molar-refractivity contribution >= 4 is 38.8 Å². The van der Waals surface area contributed by atoms with E-state index in [9.17, 15) is 18.5 Å². The van der Waals surface area contributed by atoms with Crippen LogP contribution in [0, 0.1) is 17.8 Å². The Morgan fingerprint density at radius 2 is 2.04 bits per heavy atom. The van der Waals surface area contributed by atoms with Crippen LogP contribution < -0.4 is 14.4 Å². The third-order valence-corrected chi connectivity index (χ3v) is 13.3. The first-order valence-electron chi connectivity index (χ1n) is 16.0. The smallest absolute Gasteiger partial charge is 0.262 e. The molecule has 4 aliphatic rings. The zero-order valence-electron chi connectivity index (χ0n) is 26.2. The van der Waals surface area contributed by atoms with Gasteiger partial charge < -0.3 is 14.7 Å². The van der Waals surface area contributed by atoms with E-state index in [0.29, 0.717) is 42.5 Å². The summed E-state index contributed by atoms with van der Waals surface area (Å²) >= 11 is 6.41. The fraction of sp³-hybridized carbons (Fsp3) is 0.500. The van der Waals surface area contributed by atoms with E-state index in [2.05, 4.69) is 34.2 Å². The number of aliphatic hydroxyl groups is 1. The van der Waals surface area contributed by atoms with Gasteiger partial charge in [0.15, 0.2) is 0 Å². The van der Waals surface area contributed by atoms with Crippen LogP contribution in [0.3, 0.4) is 0 Å². The zero-order chi connectivity index (χ0) is 32.1. The van der Waals surface area contributed by atoms with E-state index in [1.165, 1.54) is 11.1 Å². The van der Waals surface area contributed by atoms with Gasteiger partial charge in [-0.3, -0.25) is 9.52 Å². The SMILES string of the molecule is C=C(F)C[C@]1(O)/C=C/C[C@H](C)[C@@H](C)S(=C)(=O)NC(=O)c2ccc3c(c2)N(C[C@@H]2CC[C@H]21)C[C@@]1(CCCc2cc(Cl)ccc21)CO3. The number of allylic oxidation sites excluding steroid dienone is 1. The Morgan fingerprint density at radius 3 is 2.78 bits per heavy atom. The average molecular weight is 655 g/mol. The number of aryl methyl sites for hydroxylation is 1. The van der Waals surface area contributed by atoms with Crippen molar-refractivity contribution < 1.29 is 23.2 Å². The lowest BCUT2D eigenvalue weighted by molar-refractivity contribution is -0.0473. The molecule has 6 nitrogen and oxygen atoms in total. The summed E-state index contributed by atoms with van der Waals surface area (Å²) in [5.41, 5.74) is 1.92. The molecule has 0 saturated heterocycles. The van der Waals surface area contributed by atoms with Crippen molar-refractivity contribution in [3.63, 3.8) is 0 Å². The number of nitrogens with zero attached hydrogens (tertiary/aromatic N) is 1. The van der Waals surface area contributed by atoms with Crippen LogP contribution >= 0.6 is 11.6 Å². The maximum Gasteiger partial charge on any atom is 0.262 e. The van der Waals surface area contributed by atoms with E-state index in [1.807, 2.05) is 38.1 Å². The second kappa shape index (κ2) is 12.1. The molecular weight excluding hydrogens is 611 g/mol. The lowest BCUT2D eigenvalue weighted by atomic mass is 9.63. The summed E-state index contributed by atoms with van der Waals surface area (Å²) in [5, 5.41) is 12.3. The molecule has 45 heavy (non-hydrogen) atoms. The average Bonchev–Trinajstić information content (AvgIpc) is 3.10. The van der Waals surface area contributed by atoms with Crippen LogP contribution in [-0.2, 0) is 21.5 Å². The van der Waals surface area contributed by atoms with Gasteiger partial charge in [0, 0.05) is 40.8 Å². The Balaban J connectivity index is 1.46. The van der Waals surface area contributed by atoms with Crippen molar-refractivity contribution in [2.45, 2.75) is 75.1 Å². The van der Waals surface area contributed by atoms with Gasteiger partial charge in [0.1, 0.15) is 5.75 Å². The molecule has 0 radical (unpaired) electrons. The summed E-state index contributed by atoms with van der Waals surface area (Å²) in [5.74, 6) is 3.40. The van der Waals surface area contributed by atoms with Gasteiger partial charge in [0.05, 0.1) is 33.4 Å². The lowest BCUT2D eigenvalue weighted by Gasteiger charge is -2.49. The molecule has 1 fully saturated rings. The van der Waals surface area contributed by atoms with Gasteiger partial charge in [-0.1, -0.05) is 43.3 Å². The normalized spacial score (nSPS) is 35.6. The summed E-state index contributed by atoms with van der Waals surface area (Å²) in [7, 11) is -3.02. The Labute approximate surface area is 271 Å². The van der Waals surface area contributed by atoms with Gasteiger partial charge in [-0.25, -0.2) is 8.60 Å². The highest BCUT2D eigenvalue weighted by atomic mass is 35.5. The van der Waals surface area contributed by atoms with Crippen molar-refractivity contribution in [2.24, 2.45) is 17.8 Å². The zero-order valence-corrected chi connectivity index (χ0v) is 27.8. The molecule has 2 heterocycles. The Bertz CT molecular complexity index is 1640. The van der Waals surface area contributed by atoms with Crippen molar-refractivity contribution in [1.29, 1.82) is 0 Å². The molecule has 1 saturated carbocycles. The highest BCUT2D eigenvalue weighted by Gasteiger charge is 2.48. The first-order valence-corrected chi connectivity index (χ1v) is 18.2. The standard InChI is InChI=1S/C36H44ClFN2O4S/c1-23-7-5-16-36(42,19-24(2)38)31-12-9-28(31)20-40-21-35(15-6-8-26-17-29(37)11-13-30(26)35)22-44-33-14-10-27(18-32(33)40)34(41)39-45(4,43)25(23)3/h5,10-11,13-14,16-18,23,25,28,31,42H,2,4,6-9,12,15,19-22H2,1,3H3,(H,39,41,43)/b16-5+/t23-,25+,28-,31+,35-,36+,45?/m0/s1. The van der Waals surface area contributed by atoms with Crippen molar-refractivity contribution in [3.8, 4) is 5.75 Å². The largest absolute Gasteiger partial charge is 0.490 e. The van der Waals surface area contributed by atoms with Crippen LogP contribution in [0.1, 0.15) is 73.9 Å². The minimum Gasteiger partial charge on any atom is -0.490 e. The number of fused-ring (bicyclic) bond motifs is 4. The summed E-state index contributed by atoms with van der Waals surface area (Å²) in [4.78, 5) is 15.9. The maximum atomic E-state index is 14.4. The van der Waals surface area contributed by atoms with Crippen LogP contribution in [-0.4, -0.2) is 51.6 Å². The molecule has 1 amide bonds. The summed E-state index contributed by atoms with van der Waals surface area (Å²) in [6.07, 6.45) is 8.46. The van der Waals surface area contributed by atoms with Gasteiger partial charge in [-0.05, 0) is 111 Å². The molecule has 2 aliphatic heterocycles. The first kappa shape index (κ1) is 32.1. The third-order valence-electron chi connectivity index (χ3n) is 10.9. The highest BCUT2D eigenvalue weighted by Crippen LogP contribution is 2.49. The molecule has 9 heteroatoms. The predicted molar refractivity (Wildman–Crippen MR) is 181 cm³/mol. The van der Waals surface area contributed by atoms with Gasteiger partial charge in [0.25, 0.3) is 5.91 Å². The minimum absolute atomic E-state index is 0.0793. The van der Waals surface area contributed by atoms with Crippen LogP contribution in [0.25, 0.3) is 0 Å². The van der Waals surface area contributed by atoms with E-state index in [-0.39, 0.29) is 29.6 Å². The second-order valence-electron chi connectivity index (χ2n) is 13.9. The summed E-state index contributed by atoms with van der Waals surface area (Å²) in [6, 6.07) is 11.5. The number of halogens is 2. The van der Waals surface area contributed by atoms with Gasteiger partial charge in [-0.2, -0.15) is 0 Å². The molecule has 2 N–H and O–H groups in total. The number of ether oxygens (including phenoxy) is 1. The number of anilines is 1. The molecule has 6 rings (SSSR count). The Kier molecular flexibility index (Phi) is 8.63. The first-order chi connectivity index (χ1) is 21.3. The molecular formula is C36H44ClFN2O4S. The topological polar surface area (TPSA) is 78.9 Å². The molecule has 2 aliphatic carbocycles. The highest BCUT2D eigenvalue weighted by molar-refractivity contribution is 7.99. The van der Waals surface area contributed by atoms with Gasteiger partial charge >= 0.3 is 0 Å². The number of carbonyl (C=O) groups is 1. The number of benzene rings is 2. The quantitative estimate of drug-likeness (QED) is 0.276. The number of amides is 1. The van der Waals surface area contributed by atoms with Crippen molar-refractivity contribution in [2.75, 3.05) is 24.6 Å². The minimum atomic E-state index is -3.02. The van der Waals surface area contributed by atoms with E-state index in [0.717, 1.165) is 37.8 Å². The summed E-state index contributed by atoms with van der Waals surface area (Å²) in [6.45, 7) is 8.97. The van der Waals surface area contributed by atoms with Crippen LogP contribution in [0.4, 0.5) is 10.1 Å². The molecule has 1 unspecified atom stereocenters. The maximum absolute atomic E-state index is 14.4. The number of hydrogen-bond donors (Lipinski definition) is 2. The fourth-order valence-corrected chi connectivity index (χ4v) is 9.64. The third kappa shape index (κ3) is 6.18. The van der Waals surface area contributed by atoms with E-state index >= 15 is 0 Å². The second-order valence-corrected chi connectivity index (χ2v) is 16.7. The van der Waals surface area contributed by atoms with Crippen molar-refractivity contribution in [3.05, 3.63) is 82.7 Å². The fourth-order valence-electron chi connectivity index (χ4n) is 7.97. The molecule has 242 valence electrons. The van der Waals surface area contributed by atoms with Crippen LogP contribution in [0.15, 0.2) is 61.0 Å². The molecule has 0 aromatic heterocycles. The number of carbonyl (C=O) groups excluding carboxylic acids is 1. The van der Waals surface area contributed by atoms with Gasteiger partial charge in [0.2, 0.25) is 0 Å². The molecule has 2 aromatic carbocycles. The monoisotopic (exact) mass is 654 g/mol. The molecule has 1 spiro atoms. The molecule has 2 aromatic rings. The number of nitrogens with one attached hydrogen (secondary N) is 1. The van der Waals surface area contributed by atoms with E-state index < -0.39 is 32.3 Å². The number of rotatable bonds is 2. The van der Waals surface area contributed by atoms with Crippen LogP contribution in [0.5, 0.6) is 5.75 Å². The number of hydrogen-bond acceptors (Lipinski definition) is 5. The lowest BCUT2D eigenvalue weighted by Crippen LogP contribution is -2.52. The molecule has 7 atom stereocenters. The van der Waals surface area contributed by atoms with E-state index in [1.54, 1.807) is 12.1 Å². The molecule has 2 bridgehead atoms. The Morgan fingerprint density at radius 1 is 1.24 bits per heavy atom. The Hall–Kier alpha value is -2.81.